The Bertz CT molecular complexity index is 858. The number of hydrogen-bond donors (Lipinski definition) is 1. The van der Waals surface area contributed by atoms with Gasteiger partial charge in [0.05, 0.1) is 18.8 Å². The first kappa shape index (κ1) is 24.8. The number of guanidine groups is 1. The second-order valence-electron chi connectivity index (χ2n) is 8.62. The van der Waals surface area contributed by atoms with E-state index in [-0.39, 0.29) is 30.1 Å². The fourth-order valence-electron chi connectivity index (χ4n) is 4.56. The van der Waals surface area contributed by atoms with Crippen molar-refractivity contribution in [1.82, 2.24) is 15.1 Å². The highest BCUT2D eigenvalue weighted by Crippen LogP contribution is 2.24. The van der Waals surface area contributed by atoms with Crippen LogP contribution in [-0.2, 0) is 17.7 Å². The molecule has 2 unspecified atom stereocenters. The maximum Gasteiger partial charge on any atom is 0.193 e. The number of halogens is 1. The molecule has 2 aromatic carbocycles. The molecule has 2 atom stereocenters. The van der Waals surface area contributed by atoms with Crippen molar-refractivity contribution in [1.29, 1.82) is 0 Å². The molecular formula is C25H36IN5O. The van der Waals surface area contributed by atoms with Crippen LogP contribution in [0.4, 0.5) is 5.69 Å². The minimum atomic E-state index is 0. The Hall–Kier alpha value is -1.84. The summed E-state index contributed by atoms with van der Waals surface area (Å²) in [5, 5.41) is 3.56. The summed E-state index contributed by atoms with van der Waals surface area (Å²) in [6, 6.07) is 19.9. The van der Waals surface area contributed by atoms with Gasteiger partial charge >= 0.3 is 0 Å². The first-order valence-corrected chi connectivity index (χ1v) is 11.3. The Balaban J connectivity index is 0.00000289. The smallest absolute Gasteiger partial charge is 0.193 e. The summed E-state index contributed by atoms with van der Waals surface area (Å²) in [4.78, 5) is 11.6. The molecule has 2 aliphatic heterocycles. The van der Waals surface area contributed by atoms with Gasteiger partial charge in [0.2, 0.25) is 0 Å². The van der Waals surface area contributed by atoms with Gasteiger partial charge in [0.15, 0.2) is 5.96 Å². The van der Waals surface area contributed by atoms with Crippen molar-refractivity contribution >= 4 is 35.6 Å². The van der Waals surface area contributed by atoms with Crippen LogP contribution in [-0.4, -0.2) is 81.8 Å². The molecule has 0 saturated carbocycles. The van der Waals surface area contributed by atoms with E-state index < -0.39 is 0 Å². The first-order chi connectivity index (χ1) is 15.1. The molecule has 0 radical (unpaired) electrons. The molecule has 0 aliphatic carbocycles. The van der Waals surface area contributed by atoms with Crippen LogP contribution >= 0.6 is 24.0 Å². The molecule has 2 aromatic rings. The quantitative estimate of drug-likeness (QED) is 0.341. The van der Waals surface area contributed by atoms with Crippen molar-refractivity contribution in [3.8, 4) is 0 Å². The third kappa shape index (κ3) is 6.14. The number of nitrogens with one attached hydrogen (secondary N) is 1. The molecule has 6 nitrogen and oxygen atoms in total. The Morgan fingerprint density at radius 3 is 2.50 bits per heavy atom. The van der Waals surface area contributed by atoms with Gasteiger partial charge in [0.1, 0.15) is 0 Å². The zero-order chi connectivity index (χ0) is 21.6. The highest BCUT2D eigenvalue weighted by Gasteiger charge is 2.41. The summed E-state index contributed by atoms with van der Waals surface area (Å²) < 4.78 is 6.13. The number of likely N-dealkylation sites (tertiary alicyclic amines) is 1. The third-order valence-electron chi connectivity index (χ3n) is 6.31. The molecule has 32 heavy (non-hydrogen) atoms. The molecule has 2 saturated heterocycles. The summed E-state index contributed by atoms with van der Waals surface area (Å²) in [5.41, 5.74) is 3.93. The van der Waals surface area contributed by atoms with Crippen LogP contribution in [0.3, 0.4) is 0 Å². The van der Waals surface area contributed by atoms with Crippen molar-refractivity contribution in [2.75, 3.05) is 58.8 Å². The standard InChI is InChI=1S/C25H35N5O.HI/c1-26-25(27-14-13-20-9-11-22(12-10-20)28(2)3)30-18-23-24(19-30)31-16-15-29(23)17-21-7-5-4-6-8-21;/h4-12,23-24H,13-19H2,1-3H3,(H,26,27);1H. The van der Waals surface area contributed by atoms with Gasteiger partial charge < -0.3 is 19.9 Å². The predicted molar refractivity (Wildman–Crippen MR) is 143 cm³/mol. The molecule has 0 spiro atoms. The summed E-state index contributed by atoms with van der Waals surface area (Å²) >= 11 is 0. The van der Waals surface area contributed by atoms with Crippen LogP contribution in [0.2, 0.25) is 0 Å². The molecule has 2 aliphatic rings. The van der Waals surface area contributed by atoms with E-state index in [1.807, 2.05) is 7.05 Å². The summed E-state index contributed by atoms with van der Waals surface area (Å²) in [6.45, 7) is 5.49. The summed E-state index contributed by atoms with van der Waals surface area (Å²) in [5.74, 6) is 0.975. The average Bonchev–Trinajstić information content (AvgIpc) is 3.23. The molecule has 174 valence electrons. The minimum absolute atomic E-state index is 0. The van der Waals surface area contributed by atoms with Crippen LogP contribution in [0.5, 0.6) is 0 Å². The maximum absolute atomic E-state index is 6.13. The monoisotopic (exact) mass is 549 g/mol. The van der Waals surface area contributed by atoms with E-state index in [0.29, 0.717) is 6.04 Å². The molecular weight excluding hydrogens is 513 g/mol. The lowest BCUT2D eigenvalue weighted by Crippen LogP contribution is -2.50. The van der Waals surface area contributed by atoms with Crippen molar-refractivity contribution in [3.63, 3.8) is 0 Å². The van der Waals surface area contributed by atoms with Gasteiger partial charge in [-0.15, -0.1) is 24.0 Å². The van der Waals surface area contributed by atoms with Crippen molar-refractivity contribution < 1.29 is 4.74 Å². The Kier molecular flexibility index (Phi) is 9.19. The average molecular weight is 550 g/mol. The Morgan fingerprint density at radius 1 is 1.06 bits per heavy atom. The lowest BCUT2D eigenvalue weighted by Gasteiger charge is -2.36. The molecule has 2 fully saturated rings. The second kappa shape index (κ2) is 11.9. The van der Waals surface area contributed by atoms with E-state index in [9.17, 15) is 0 Å². The van der Waals surface area contributed by atoms with E-state index in [1.54, 1.807) is 0 Å². The number of benzene rings is 2. The van der Waals surface area contributed by atoms with Gasteiger partial charge in [-0.05, 0) is 29.7 Å². The second-order valence-corrected chi connectivity index (χ2v) is 8.62. The molecule has 0 amide bonds. The molecule has 0 aromatic heterocycles. The number of fused-ring (bicyclic) bond motifs is 1. The largest absolute Gasteiger partial charge is 0.378 e. The Morgan fingerprint density at radius 2 is 1.81 bits per heavy atom. The van der Waals surface area contributed by atoms with Crippen molar-refractivity contribution in [2.45, 2.75) is 25.1 Å². The molecule has 7 heteroatoms. The van der Waals surface area contributed by atoms with Crippen LogP contribution < -0.4 is 10.2 Å². The normalized spacial score (nSPS) is 21.1. The first-order valence-electron chi connectivity index (χ1n) is 11.3. The fraction of sp³-hybridized carbons (Fsp3) is 0.480. The summed E-state index contributed by atoms with van der Waals surface area (Å²) in [6.07, 6.45) is 1.22. The van der Waals surface area contributed by atoms with Gasteiger partial charge in [-0.2, -0.15) is 0 Å². The van der Waals surface area contributed by atoms with Crippen LogP contribution in [0.1, 0.15) is 11.1 Å². The van der Waals surface area contributed by atoms with Gasteiger partial charge in [0.25, 0.3) is 0 Å². The van der Waals surface area contributed by atoms with E-state index >= 15 is 0 Å². The lowest BCUT2D eigenvalue weighted by molar-refractivity contribution is -0.0502. The number of morpholine rings is 1. The lowest BCUT2D eigenvalue weighted by atomic mass is 10.1. The van der Waals surface area contributed by atoms with Crippen LogP contribution in [0.25, 0.3) is 0 Å². The molecule has 0 bridgehead atoms. The van der Waals surface area contributed by atoms with E-state index in [2.05, 4.69) is 93.7 Å². The third-order valence-corrected chi connectivity index (χ3v) is 6.31. The molecule has 2 heterocycles. The zero-order valence-corrected chi connectivity index (χ0v) is 21.7. The molecule has 1 N–H and O–H groups in total. The number of hydrogen-bond acceptors (Lipinski definition) is 4. The topological polar surface area (TPSA) is 43.3 Å². The minimum Gasteiger partial charge on any atom is -0.378 e. The van der Waals surface area contributed by atoms with Crippen molar-refractivity contribution in [2.24, 2.45) is 4.99 Å². The van der Waals surface area contributed by atoms with E-state index in [4.69, 9.17) is 4.74 Å². The van der Waals surface area contributed by atoms with Crippen LogP contribution in [0.15, 0.2) is 59.6 Å². The predicted octanol–water partition coefficient (Wildman–Crippen LogP) is 3.07. The van der Waals surface area contributed by atoms with Gasteiger partial charge in [0, 0.05) is 59.6 Å². The number of nitrogens with zero attached hydrogens (tertiary/aromatic N) is 4. The fourth-order valence-corrected chi connectivity index (χ4v) is 4.56. The van der Waals surface area contributed by atoms with Gasteiger partial charge in [-0.3, -0.25) is 9.89 Å². The van der Waals surface area contributed by atoms with Crippen molar-refractivity contribution in [3.05, 3.63) is 65.7 Å². The highest BCUT2D eigenvalue weighted by molar-refractivity contribution is 14.0. The van der Waals surface area contributed by atoms with E-state index in [0.717, 1.165) is 51.7 Å². The number of rotatable bonds is 6. The number of anilines is 1. The highest BCUT2D eigenvalue weighted by atomic mass is 127. The van der Waals surface area contributed by atoms with Gasteiger partial charge in [-0.25, -0.2) is 0 Å². The zero-order valence-electron chi connectivity index (χ0n) is 19.4. The Labute approximate surface area is 209 Å². The summed E-state index contributed by atoms with van der Waals surface area (Å²) in [7, 11) is 6.01. The van der Waals surface area contributed by atoms with Gasteiger partial charge in [-0.1, -0.05) is 42.5 Å². The number of aliphatic imine (C=N–C) groups is 1. The van der Waals surface area contributed by atoms with Crippen LogP contribution in [0, 0.1) is 0 Å². The SMILES string of the molecule is CN=C(NCCc1ccc(N(C)C)cc1)N1CC2OCCN(Cc3ccccc3)C2C1.I. The molecule has 4 rings (SSSR count). The number of ether oxygens (including phenoxy) is 1. The maximum atomic E-state index is 6.13. The van der Waals surface area contributed by atoms with E-state index in [1.165, 1.54) is 16.8 Å².